The summed E-state index contributed by atoms with van der Waals surface area (Å²) in [5, 5.41) is 6.86. The summed E-state index contributed by atoms with van der Waals surface area (Å²) >= 11 is 0. The third kappa shape index (κ3) is 9.45. The van der Waals surface area contributed by atoms with Crippen LogP contribution in [0.2, 0.25) is 0 Å². The number of nitrogens with one attached hydrogen (secondary N) is 2. The van der Waals surface area contributed by atoms with Crippen LogP contribution in [0.4, 0.5) is 0 Å². The molecule has 0 radical (unpaired) electrons. The summed E-state index contributed by atoms with van der Waals surface area (Å²) in [6, 6.07) is 17.0. The van der Waals surface area contributed by atoms with Crippen LogP contribution in [-0.4, -0.2) is 58.9 Å². The van der Waals surface area contributed by atoms with Crippen molar-refractivity contribution < 1.29 is 9.47 Å². The Labute approximate surface area is 204 Å². The number of rotatable bonds is 11. The maximum absolute atomic E-state index is 5.99. The van der Waals surface area contributed by atoms with E-state index in [9.17, 15) is 0 Å². The van der Waals surface area contributed by atoms with Gasteiger partial charge in [-0.3, -0.25) is 4.99 Å². The molecule has 31 heavy (non-hydrogen) atoms. The van der Waals surface area contributed by atoms with Gasteiger partial charge < -0.3 is 25.0 Å². The van der Waals surface area contributed by atoms with Crippen molar-refractivity contribution in [1.29, 1.82) is 0 Å². The van der Waals surface area contributed by atoms with Crippen LogP contribution in [0, 0.1) is 6.92 Å². The number of benzene rings is 2. The molecule has 0 heterocycles. The van der Waals surface area contributed by atoms with Crippen LogP contribution in [-0.2, 0) is 11.3 Å². The lowest BCUT2D eigenvalue weighted by molar-refractivity contribution is 0.171. The monoisotopic (exact) mass is 540 g/mol. The summed E-state index contributed by atoms with van der Waals surface area (Å²) in [7, 11) is 7.68. The van der Waals surface area contributed by atoms with Crippen molar-refractivity contribution in [2.75, 3.05) is 48.0 Å². The highest BCUT2D eigenvalue weighted by molar-refractivity contribution is 14.0. The molecular formula is C24H37IN4O2. The van der Waals surface area contributed by atoms with E-state index >= 15 is 0 Å². The lowest BCUT2D eigenvalue weighted by atomic mass is 10.1. The summed E-state index contributed by atoms with van der Waals surface area (Å²) in [5.74, 6) is 1.67. The van der Waals surface area contributed by atoms with Gasteiger partial charge in [0.25, 0.3) is 0 Å². The number of halogens is 1. The zero-order chi connectivity index (χ0) is 21.8. The van der Waals surface area contributed by atoms with E-state index in [1.54, 1.807) is 14.2 Å². The van der Waals surface area contributed by atoms with E-state index in [0.717, 1.165) is 30.2 Å². The van der Waals surface area contributed by atoms with Crippen LogP contribution in [0.3, 0.4) is 0 Å². The third-order valence-corrected chi connectivity index (χ3v) is 4.91. The molecule has 0 fully saturated rings. The molecule has 2 N–H and O–H groups in total. The van der Waals surface area contributed by atoms with Crippen LogP contribution in [0.1, 0.15) is 29.2 Å². The zero-order valence-electron chi connectivity index (χ0n) is 19.4. The van der Waals surface area contributed by atoms with Crippen LogP contribution in [0.25, 0.3) is 0 Å². The van der Waals surface area contributed by atoms with E-state index in [1.165, 1.54) is 11.1 Å². The highest BCUT2D eigenvalue weighted by Gasteiger charge is 2.14. The number of aliphatic imine (C=N–C) groups is 1. The second-order valence-electron chi connectivity index (χ2n) is 7.50. The minimum Gasteiger partial charge on any atom is -0.493 e. The van der Waals surface area contributed by atoms with Crippen molar-refractivity contribution in [3.63, 3.8) is 0 Å². The molecule has 0 aromatic heterocycles. The van der Waals surface area contributed by atoms with Crippen molar-refractivity contribution in [2.24, 2.45) is 4.99 Å². The van der Waals surface area contributed by atoms with Gasteiger partial charge in [-0.25, -0.2) is 0 Å². The first-order valence-corrected chi connectivity index (χ1v) is 10.4. The highest BCUT2D eigenvalue weighted by atomic mass is 127. The maximum atomic E-state index is 5.99. The van der Waals surface area contributed by atoms with Gasteiger partial charge in [0.15, 0.2) is 5.96 Å². The molecule has 0 aliphatic carbocycles. The Kier molecular flexibility index (Phi) is 13.2. The quantitative estimate of drug-likeness (QED) is 0.195. The van der Waals surface area contributed by atoms with Gasteiger partial charge in [-0.2, -0.15) is 0 Å². The number of hydrogen-bond donors (Lipinski definition) is 2. The molecule has 1 unspecified atom stereocenters. The highest BCUT2D eigenvalue weighted by Crippen LogP contribution is 2.21. The summed E-state index contributed by atoms with van der Waals surface area (Å²) in [6.45, 7) is 4.80. The molecule has 7 heteroatoms. The summed E-state index contributed by atoms with van der Waals surface area (Å²) in [5.41, 5.74) is 3.56. The van der Waals surface area contributed by atoms with E-state index in [1.807, 2.05) is 6.07 Å². The smallest absolute Gasteiger partial charge is 0.191 e. The van der Waals surface area contributed by atoms with Gasteiger partial charge >= 0.3 is 0 Å². The number of ether oxygens (including phenoxy) is 2. The topological polar surface area (TPSA) is 58.1 Å². The van der Waals surface area contributed by atoms with Crippen molar-refractivity contribution in [2.45, 2.75) is 25.9 Å². The van der Waals surface area contributed by atoms with E-state index in [0.29, 0.717) is 19.8 Å². The lowest BCUT2D eigenvalue weighted by Gasteiger charge is -2.26. The van der Waals surface area contributed by atoms with Crippen molar-refractivity contribution in [3.05, 3.63) is 65.2 Å². The van der Waals surface area contributed by atoms with Crippen molar-refractivity contribution in [1.82, 2.24) is 15.5 Å². The fourth-order valence-corrected chi connectivity index (χ4v) is 3.19. The summed E-state index contributed by atoms with van der Waals surface area (Å²) in [6.07, 6.45) is 0.867. The van der Waals surface area contributed by atoms with Crippen LogP contribution in [0.15, 0.2) is 53.5 Å². The molecule has 0 amide bonds. The molecule has 0 saturated carbocycles. The Bertz CT molecular complexity index is 784. The van der Waals surface area contributed by atoms with E-state index in [2.05, 4.69) is 84.0 Å². The summed E-state index contributed by atoms with van der Waals surface area (Å²) in [4.78, 5) is 6.59. The number of aryl methyl sites for hydroxylation is 1. The fraction of sp³-hybridized carbons (Fsp3) is 0.458. The fourth-order valence-electron chi connectivity index (χ4n) is 3.19. The van der Waals surface area contributed by atoms with Gasteiger partial charge in [0.2, 0.25) is 0 Å². The van der Waals surface area contributed by atoms with E-state index < -0.39 is 0 Å². The third-order valence-electron chi connectivity index (χ3n) is 4.91. The second-order valence-corrected chi connectivity index (χ2v) is 7.50. The van der Waals surface area contributed by atoms with Gasteiger partial charge in [-0.05, 0) is 38.2 Å². The first-order chi connectivity index (χ1) is 14.5. The Hall–Kier alpha value is -1.84. The Morgan fingerprint density at radius 3 is 2.45 bits per heavy atom. The average Bonchev–Trinajstić information content (AvgIpc) is 2.75. The molecule has 172 valence electrons. The number of nitrogens with zero attached hydrogens (tertiary/aromatic N) is 2. The average molecular weight is 540 g/mol. The van der Waals surface area contributed by atoms with Gasteiger partial charge in [-0.15, -0.1) is 24.0 Å². The molecule has 6 nitrogen and oxygen atoms in total. The standard InChI is InChI=1S/C24H36N4O2.HI/c1-19-12-13-21(23(16-19)30-15-9-14-29-5)17-26-24(25-2)27-18-22(28(3)4)20-10-7-6-8-11-20;/h6-8,10-13,16,22H,9,14-15,17-18H2,1-5H3,(H2,25,26,27);1H. The molecule has 2 aromatic carbocycles. The first-order valence-electron chi connectivity index (χ1n) is 10.4. The van der Waals surface area contributed by atoms with Crippen LogP contribution in [0.5, 0.6) is 5.75 Å². The molecular weight excluding hydrogens is 503 g/mol. The normalized spacial score (nSPS) is 12.3. The molecule has 2 aromatic rings. The predicted molar refractivity (Wildman–Crippen MR) is 140 cm³/mol. The number of hydrogen-bond acceptors (Lipinski definition) is 4. The van der Waals surface area contributed by atoms with Crippen LogP contribution >= 0.6 is 24.0 Å². The number of methoxy groups -OCH3 is 1. The largest absolute Gasteiger partial charge is 0.493 e. The van der Waals surface area contributed by atoms with Crippen LogP contribution < -0.4 is 15.4 Å². The SMILES string of the molecule is CN=C(NCc1ccc(C)cc1OCCCOC)NCC(c1ccccc1)N(C)C.I. The second kappa shape index (κ2) is 15.0. The van der Waals surface area contributed by atoms with Gasteiger partial charge in [0.1, 0.15) is 5.75 Å². The van der Waals surface area contributed by atoms with E-state index in [-0.39, 0.29) is 30.0 Å². The van der Waals surface area contributed by atoms with E-state index in [4.69, 9.17) is 9.47 Å². The molecule has 0 spiro atoms. The first kappa shape index (κ1) is 27.2. The number of likely N-dealkylation sites (N-methyl/N-ethyl adjacent to an activating group) is 1. The summed E-state index contributed by atoms with van der Waals surface area (Å²) < 4.78 is 11.1. The minimum absolute atomic E-state index is 0. The molecule has 0 aliphatic heterocycles. The number of guanidine groups is 1. The maximum Gasteiger partial charge on any atom is 0.191 e. The van der Waals surface area contributed by atoms with Gasteiger partial charge in [0, 0.05) is 45.8 Å². The lowest BCUT2D eigenvalue weighted by Crippen LogP contribution is -2.41. The minimum atomic E-state index is 0. The van der Waals surface area contributed by atoms with Crippen molar-refractivity contribution in [3.8, 4) is 5.75 Å². The Balaban J connectivity index is 0.00000480. The molecule has 0 bridgehead atoms. The molecule has 0 aliphatic rings. The van der Waals surface area contributed by atoms with Gasteiger partial charge in [-0.1, -0.05) is 42.5 Å². The molecule has 2 rings (SSSR count). The van der Waals surface area contributed by atoms with Crippen molar-refractivity contribution >= 4 is 29.9 Å². The Morgan fingerprint density at radius 2 is 1.81 bits per heavy atom. The molecule has 1 atom stereocenters. The van der Waals surface area contributed by atoms with Gasteiger partial charge in [0.05, 0.1) is 12.6 Å². The zero-order valence-corrected chi connectivity index (χ0v) is 21.7. The Morgan fingerprint density at radius 1 is 1.06 bits per heavy atom. The predicted octanol–water partition coefficient (Wildman–Crippen LogP) is 4.00. The molecule has 0 saturated heterocycles.